The summed E-state index contributed by atoms with van der Waals surface area (Å²) >= 11 is 0. The second-order valence-electron chi connectivity index (χ2n) is 7.95. The van der Waals surface area contributed by atoms with Crippen molar-refractivity contribution in [3.63, 3.8) is 0 Å². The van der Waals surface area contributed by atoms with Crippen LogP contribution < -0.4 is 14.5 Å². The van der Waals surface area contributed by atoms with Gasteiger partial charge in [-0.15, -0.1) is 0 Å². The Balaban J connectivity index is 1.90. The van der Waals surface area contributed by atoms with Crippen molar-refractivity contribution in [2.24, 2.45) is 0 Å². The fourth-order valence-electron chi connectivity index (χ4n) is 4.01. The quantitative estimate of drug-likeness (QED) is 0.338. The Hall–Kier alpha value is -4.06. The molecule has 0 radical (unpaired) electrons. The fraction of sp³-hybridized carbons (Fsp3) is 0.185. The van der Waals surface area contributed by atoms with Gasteiger partial charge in [-0.25, -0.2) is 0 Å². The molecule has 1 heterocycles. The van der Waals surface area contributed by atoms with Gasteiger partial charge in [0.05, 0.1) is 18.2 Å². The number of aliphatic hydroxyl groups excluding tert-OH is 1. The number of carbonyl (C=O) groups excluding carboxylic acids is 2. The van der Waals surface area contributed by atoms with E-state index < -0.39 is 17.7 Å². The maximum Gasteiger partial charge on any atom is 0.300 e. The minimum atomic E-state index is -0.764. The fourth-order valence-corrected chi connectivity index (χ4v) is 4.01. The highest BCUT2D eigenvalue weighted by Gasteiger charge is 2.46. The van der Waals surface area contributed by atoms with E-state index in [9.17, 15) is 14.7 Å². The Morgan fingerprint density at radius 1 is 0.970 bits per heavy atom. The molecule has 0 spiro atoms. The summed E-state index contributed by atoms with van der Waals surface area (Å²) in [6.07, 6.45) is 0. The molecule has 1 fully saturated rings. The first kappa shape index (κ1) is 22.1. The average Bonchev–Trinajstić information content (AvgIpc) is 3.10. The maximum absolute atomic E-state index is 13.2. The van der Waals surface area contributed by atoms with E-state index in [-0.39, 0.29) is 11.3 Å². The van der Waals surface area contributed by atoms with Gasteiger partial charge in [-0.1, -0.05) is 42.5 Å². The van der Waals surface area contributed by atoms with Gasteiger partial charge in [-0.05, 0) is 48.9 Å². The maximum atomic E-state index is 13.2. The lowest BCUT2D eigenvalue weighted by Gasteiger charge is -2.26. The number of ketones is 1. The van der Waals surface area contributed by atoms with Crippen molar-refractivity contribution >= 4 is 28.8 Å². The summed E-state index contributed by atoms with van der Waals surface area (Å²) in [7, 11) is 3.88. The van der Waals surface area contributed by atoms with Crippen LogP contribution in [0.5, 0.6) is 5.75 Å². The summed E-state index contributed by atoms with van der Waals surface area (Å²) in [5.74, 6) is -1.05. The summed E-state index contributed by atoms with van der Waals surface area (Å²) in [5.41, 5.74) is 2.77. The molecule has 4 rings (SSSR count). The third kappa shape index (κ3) is 4.20. The van der Waals surface area contributed by atoms with E-state index in [1.54, 1.807) is 36.4 Å². The van der Waals surface area contributed by atoms with Gasteiger partial charge in [0.25, 0.3) is 11.7 Å². The number of ether oxygens (including phenoxy) is 1. The molecular weight excluding hydrogens is 416 g/mol. The van der Waals surface area contributed by atoms with Crippen LogP contribution in [0.2, 0.25) is 0 Å². The standard InChI is InChI=1S/C27H26N2O4/c1-4-33-22-12-8-9-19(17-22)25(30)23-24(18-13-15-20(16-14-18)28(2)3)29(27(32)26(23)31)21-10-6-5-7-11-21/h5-17,24,30H,4H2,1-3H3/b25-23-. The lowest BCUT2D eigenvalue weighted by atomic mass is 9.95. The van der Waals surface area contributed by atoms with Crippen LogP contribution in [0, 0.1) is 0 Å². The lowest BCUT2D eigenvalue weighted by molar-refractivity contribution is -0.132. The SMILES string of the molecule is CCOc1cccc(/C(O)=C2/C(=O)C(=O)N(c3ccccc3)C2c2ccc(N(C)C)cc2)c1. The highest BCUT2D eigenvalue weighted by molar-refractivity contribution is 6.51. The van der Waals surface area contributed by atoms with Crippen molar-refractivity contribution in [1.29, 1.82) is 0 Å². The van der Waals surface area contributed by atoms with Gasteiger partial charge in [0.2, 0.25) is 0 Å². The molecule has 1 aliphatic rings. The van der Waals surface area contributed by atoms with Crippen molar-refractivity contribution in [3.8, 4) is 5.75 Å². The van der Waals surface area contributed by atoms with Crippen LogP contribution >= 0.6 is 0 Å². The van der Waals surface area contributed by atoms with Crippen molar-refractivity contribution in [1.82, 2.24) is 0 Å². The second-order valence-corrected chi connectivity index (χ2v) is 7.95. The number of carbonyl (C=O) groups is 2. The van der Waals surface area contributed by atoms with Crippen molar-refractivity contribution < 1.29 is 19.4 Å². The molecule has 33 heavy (non-hydrogen) atoms. The Bertz CT molecular complexity index is 1200. The van der Waals surface area contributed by atoms with Gasteiger partial charge in [-0.2, -0.15) is 0 Å². The zero-order valence-electron chi connectivity index (χ0n) is 18.9. The number of hydrogen-bond acceptors (Lipinski definition) is 5. The molecule has 0 bridgehead atoms. The van der Waals surface area contributed by atoms with Crippen LogP contribution in [0.3, 0.4) is 0 Å². The molecule has 1 aliphatic heterocycles. The summed E-state index contributed by atoms with van der Waals surface area (Å²) in [6.45, 7) is 2.34. The van der Waals surface area contributed by atoms with Gasteiger partial charge >= 0.3 is 0 Å². The zero-order valence-corrected chi connectivity index (χ0v) is 18.9. The zero-order chi connectivity index (χ0) is 23.5. The minimum absolute atomic E-state index is 0.0510. The van der Waals surface area contributed by atoms with Crippen molar-refractivity contribution in [2.45, 2.75) is 13.0 Å². The third-order valence-electron chi connectivity index (χ3n) is 5.62. The average molecular weight is 443 g/mol. The molecule has 1 N–H and O–H groups in total. The molecular formula is C27H26N2O4. The number of amides is 1. The lowest BCUT2D eigenvalue weighted by Crippen LogP contribution is -2.29. The number of rotatable bonds is 6. The Labute approximate surface area is 193 Å². The van der Waals surface area contributed by atoms with E-state index in [1.165, 1.54) is 4.90 Å². The van der Waals surface area contributed by atoms with Gasteiger partial charge in [0.15, 0.2) is 0 Å². The number of para-hydroxylation sites is 1. The molecule has 1 amide bonds. The monoisotopic (exact) mass is 442 g/mol. The summed E-state index contributed by atoms with van der Waals surface area (Å²) in [6, 6.07) is 22.8. The molecule has 0 saturated carbocycles. The van der Waals surface area contributed by atoms with Gasteiger partial charge < -0.3 is 14.7 Å². The third-order valence-corrected chi connectivity index (χ3v) is 5.62. The van der Waals surface area contributed by atoms with E-state index in [1.807, 2.05) is 68.4 Å². The van der Waals surface area contributed by atoms with E-state index in [0.29, 0.717) is 23.6 Å². The van der Waals surface area contributed by atoms with E-state index in [4.69, 9.17) is 4.74 Å². The summed E-state index contributed by atoms with van der Waals surface area (Å²) in [5, 5.41) is 11.3. The number of aliphatic hydroxyl groups is 1. The van der Waals surface area contributed by atoms with Crippen LogP contribution in [0.4, 0.5) is 11.4 Å². The predicted octanol–water partition coefficient (Wildman–Crippen LogP) is 4.78. The van der Waals surface area contributed by atoms with Crippen LogP contribution in [-0.2, 0) is 9.59 Å². The Morgan fingerprint density at radius 3 is 2.30 bits per heavy atom. The molecule has 3 aromatic rings. The highest BCUT2D eigenvalue weighted by atomic mass is 16.5. The number of hydrogen-bond donors (Lipinski definition) is 1. The highest BCUT2D eigenvalue weighted by Crippen LogP contribution is 2.42. The summed E-state index contributed by atoms with van der Waals surface area (Å²) in [4.78, 5) is 29.8. The number of benzene rings is 3. The normalized spacial score (nSPS) is 17.3. The predicted molar refractivity (Wildman–Crippen MR) is 130 cm³/mol. The number of Topliss-reactive ketones (excluding diaryl/α,β-unsaturated/α-hetero) is 1. The van der Waals surface area contributed by atoms with Gasteiger partial charge in [-0.3, -0.25) is 14.5 Å². The molecule has 3 aromatic carbocycles. The smallest absolute Gasteiger partial charge is 0.300 e. The largest absolute Gasteiger partial charge is 0.507 e. The molecule has 0 aromatic heterocycles. The molecule has 6 heteroatoms. The molecule has 168 valence electrons. The first-order valence-corrected chi connectivity index (χ1v) is 10.8. The van der Waals surface area contributed by atoms with E-state index in [0.717, 1.165) is 11.3 Å². The van der Waals surface area contributed by atoms with Gasteiger partial charge in [0, 0.05) is 31.0 Å². The summed E-state index contributed by atoms with van der Waals surface area (Å²) < 4.78 is 5.54. The molecule has 1 unspecified atom stereocenters. The second kappa shape index (κ2) is 9.20. The van der Waals surface area contributed by atoms with Crippen LogP contribution in [0.1, 0.15) is 24.1 Å². The topological polar surface area (TPSA) is 70.1 Å². The Kier molecular flexibility index (Phi) is 6.18. The molecule has 6 nitrogen and oxygen atoms in total. The van der Waals surface area contributed by atoms with E-state index in [2.05, 4.69) is 0 Å². The minimum Gasteiger partial charge on any atom is -0.507 e. The Morgan fingerprint density at radius 2 is 1.67 bits per heavy atom. The van der Waals surface area contributed by atoms with Crippen LogP contribution in [-0.4, -0.2) is 37.5 Å². The van der Waals surface area contributed by atoms with Gasteiger partial charge in [0.1, 0.15) is 11.5 Å². The number of nitrogens with zero attached hydrogens (tertiary/aromatic N) is 2. The van der Waals surface area contributed by atoms with E-state index >= 15 is 0 Å². The number of anilines is 2. The van der Waals surface area contributed by atoms with Crippen molar-refractivity contribution in [2.75, 3.05) is 30.5 Å². The van der Waals surface area contributed by atoms with Crippen LogP contribution in [0.15, 0.2) is 84.4 Å². The molecule has 1 saturated heterocycles. The van der Waals surface area contributed by atoms with Crippen LogP contribution in [0.25, 0.3) is 5.76 Å². The molecule has 0 aliphatic carbocycles. The van der Waals surface area contributed by atoms with Crippen molar-refractivity contribution in [3.05, 3.63) is 95.6 Å². The molecule has 1 atom stereocenters. The first-order valence-electron chi connectivity index (χ1n) is 10.8. The first-order chi connectivity index (χ1) is 15.9.